The summed E-state index contributed by atoms with van der Waals surface area (Å²) in [6, 6.07) is 8.09. The molecule has 10 rings (SSSR count). The van der Waals surface area contributed by atoms with E-state index in [-0.39, 0.29) is 119 Å². The molecule has 7 amide bonds. The van der Waals surface area contributed by atoms with E-state index in [2.05, 4.69) is 54.3 Å². The Morgan fingerprint density at radius 3 is 2.24 bits per heavy atom. The summed E-state index contributed by atoms with van der Waals surface area (Å²) in [5.74, 6) is -2.09. The molecule has 0 spiro atoms. The van der Waals surface area contributed by atoms with Gasteiger partial charge in [0, 0.05) is 54.8 Å². The van der Waals surface area contributed by atoms with Crippen molar-refractivity contribution in [1.82, 2.24) is 46.0 Å². The highest BCUT2D eigenvalue weighted by molar-refractivity contribution is 7.89. The second-order valence-electron chi connectivity index (χ2n) is 24.1. The van der Waals surface area contributed by atoms with E-state index >= 15 is 0 Å². The fourth-order valence-electron chi connectivity index (χ4n) is 14.2. The van der Waals surface area contributed by atoms with Crippen molar-refractivity contribution in [3.05, 3.63) is 63.7 Å². The average Bonchev–Trinajstić information content (AvgIpc) is 4.19. The Bertz CT molecular complexity index is 2730. The molecule has 7 N–H and O–H groups in total. The van der Waals surface area contributed by atoms with E-state index in [0.29, 0.717) is 43.5 Å². The van der Waals surface area contributed by atoms with Crippen LogP contribution in [0.1, 0.15) is 149 Å². The number of aryl methyl sites for hydroxylation is 1. The number of piperidine rings is 2. The summed E-state index contributed by atoms with van der Waals surface area (Å²) in [6.45, 7) is 4.73. The van der Waals surface area contributed by atoms with Crippen molar-refractivity contribution < 1.29 is 42.0 Å². The number of likely N-dealkylation sites (tertiary alicyclic amines) is 2. The van der Waals surface area contributed by atoms with Gasteiger partial charge in [-0.2, -0.15) is 4.31 Å². The van der Waals surface area contributed by atoms with Crippen molar-refractivity contribution in [2.24, 2.45) is 23.7 Å². The fraction of sp³-hybridized carbons (Fsp3) is 0.672. The molecule has 0 aromatic heterocycles. The summed E-state index contributed by atoms with van der Waals surface area (Å²) in [5, 5.41) is 21.6. The van der Waals surface area contributed by atoms with E-state index in [1.165, 1.54) is 5.56 Å². The van der Waals surface area contributed by atoms with Crippen LogP contribution in [0.15, 0.2) is 36.4 Å². The van der Waals surface area contributed by atoms with E-state index in [9.17, 15) is 42.0 Å². The number of rotatable bonds is 19. The maximum atomic E-state index is 14.8. The van der Waals surface area contributed by atoms with Crippen LogP contribution >= 0.6 is 11.6 Å². The first kappa shape index (κ1) is 57.1. The number of halogens is 1. The maximum Gasteiger partial charge on any atom is 0.253 e. The summed E-state index contributed by atoms with van der Waals surface area (Å²) >= 11 is 6.44. The van der Waals surface area contributed by atoms with Crippen LogP contribution in [0, 0.1) is 23.7 Å². The Labute approximate surface area is 470 Å². The second-order valence-corrected chi connectivity index (χ2v) is 26.5. The molecule has 5 heterocycles. The number of sulfonamides is 1. The summed E-state index contributed by atoms with van der Waals surface area (Å²) in [7, 11) is -1.82. The molecular weight excluding hydrogens is 1050 g/mol. The zero-order valence-corrected chi connectivity index (χ0v) is 47.4. The van der Waals surface area contributed by atoms with Crippen LogP contribution < -0.4 is 37.2 Å². The molecule has 2 aromatic carbocycles. The van der Waals surface area contributed by atoms with Crippen LogP contribution in [-0.2, 0) is 51.6 Å². The molecule has 21 heteroatoms. The van der Waals surface area contributed by atoms with Gasteiger partial charge in [-0.25, -0.2) is 8.42 Å². The zero-order chi connectivity index (χ0) is 55.5. The first-order chi connectivity index (χ1) is 38.0. The minimum Gasteiger partial charge on any atom is -0.356 e. The third kappa shape index (κ3) is 13.1. The maximum absolute atomic E-state index is 14.8. The van der Waals surface area contributed by atoms with E-state index in [4.69, 9.17) is 11.6 Å². The minimum absolute atomic E-state index is 0.0519. The summed E-state index contributed by atoms with van der Waals surface area (Å²) in [6.07, 6.45) is 13.4. The number of benzene rings is 2. The molecule has 0 radical (unpaired) electrons. The number of hydrogen-bond acceptors (Lipinski definition) is 11. The Kier molecular flexibility index (Phi) is 18.0. The van der Waals surface area contributed by atoms with Gasteiger partial charge in [0.05, 0.1) is 34.8 Å². The van der Waals surface area contributed by atoms with E-state index in [1.807, 2.05) is 12.1 Å². The first-order valence-corrected chi connectivity index (χ1v) is 31.4. The number of anilines is 1. The minimum atomic E-state index is -3.52. The van der Waals surface area contributed by atoms with Gasteiger partial charge in [-0.15, -0.1) is 0 Å². The largest absolute Gasteiger partial charge is 0.356 e. The van der Waals surface area contributed by atoms with Crippen molar-refractivity contribution >= 4 is 68.7 Å². The monoisotopic (exact) mass is 1130 g/mol. The summed E-state index contributed by atoms with van der Waals surface area (Å²) < 4.78 is 29.7. The SMILES string of the molecule is CN[C@@H](C)C(=O)NC(C(=O)N1C[C@@H](NC(=O)C2CC(C(=O)NCCCN3CCC(CS(=O)(=O)N4[C@@H]5CC[C@H]4CC(NC(=O)c4cc6c(cc4Cl)NC(=O)C6)C5)CC3)C2)C[C@H]1C(=O)NC1CCCc2ccccc21)C1CCCCC1. The van der Waals surface area contributed by atoms with Crippen LogP contribution in [0.3, 0.4) is 0 Å². The number of hydrogen-bond donors (Lipinski definition) is 7. The highest BCUT2D eigenvalue weighted by Crippen LogP contribution is 2.40. The first-order valence-electron chi connectivity index (χ1n) is 29.4. The molecule has 3 unspecified atom stereocenters. The molecule has 6 fully saturated rings. The van der Waals surface area contributed by atoms with Crippen LogP contribution in [-0.4, -0.2) is 152 Å². The Hall–Kier alpha value is -5.15. The molecule has 2 saturated carbocycles. The lowest BCUT2D eigenvalue weighted by atomic mass is 9.73. The molecule has 19 nitrogen and oxygen atoms in total. The molecule has 79 heavy (non-hydrogen) atoms. The highest BCUT2D eigenvalue weighted by atomic mass is 35.5. The summed E-state index contributed by atoms with van der Waals surface area (Å²) in [5.41, 5.74) is 3.96. The lowest BCUT2D eigenvalue weighted by Gasteiger charge is -2.39. The Morgan fingerprint density at radius 1 is 0.785 bits per heavy atom. The standard InChI is InChI=1S/C58H81ClN10O9S/c1-34(60-2)53(71)66-52(37-11-4-3-5-12-37)58(76)68-32-42(30-50(68)57(75)65-48-15-8-13-36-10-6-7-14-45(36)48)63-55(73)40-24-39(25-40)54(72)61-20-9-21-67-22-18-35(19-23-67)33-79(77,78)69-43-16-17-44(69)29-41(28-43)62-56(74)46-26-38-27-51(70)64-49(38)31-47(46)59/h6-7,10,14,26,31,34-35,37,39-44,48,50,52,60H,3-5,8-9,11-13,15-25,27-30,32-33H2,1-2H3,(H,61,72)(H,62,74)(H,63,73)(H,64,70)(H,65,75)(H,66,71)/t34-,39?,40?,41?,42-,43-,44+,48?,50-,52?/m0/s1. The number of nitrogens with zero attached hydrogens (tertiary/aromatic N) is 3. The molecule has 8 aliphatic rings. The van der Waals surface area contributed by atoms with Gasteiger partial charge in [0.1, 0.15) is 12.1 Å². The van der Waals surface area contributed by atoms with Gasteiger partial charge in [-0.3, -0.25) is 33.6 Å². The quantitative estimate of drug-likeness (QED) is 0.0988. The molecule has 4 saturated heterocycles. The van der Waals surface area contributed by atoms with Gasteiger partial charge in [-0.1, -0.05) is 55.1 Å². The molecule has 8 atom stereocenters. The van der Waals surface area contributed by atoms with Gasteiger partial charge in [0.2, 0.25) is 45.5 Å². The molecular formula is C58H81ClN10O9S. The number of nitrogens with one attached hydrogen (secondary N) is 7. The predicted octanol–water partition coefficient (Wildman–Crippen LogP) is 4.09. The normalized spacial score (nSPS) is 28.1. The van der Waals surface area contributed by atoms with Gasteiger partial charge < -0.3 is 47.0 Å². The Balaban J connectivity index is 0.650. The van der Waals surface area contributed by atoms with E-state index < -0.39 is 34.2 Å². The topological polar surface area (TPSA) is 248 Å². The number of likely N-dealkylation sites (N-methyl/N-ethyl adjacent to an activating group) is 1. The van der Waals surface area contributed by atoms with Crippen molar-refractivity contribution in [2.45, 2.75) is 177 Å². The fourth-order valence-corrected chi connectivity index (χ4v) is 16.9. The molecule has 2 aromatic rings. The lowest BCUT2D eigenvalue weighted by Crippen LogP contribution is -2.58. The molecule has 430 valence electrons. The number of carbonyl (C=O) groups is 7. The van der Waals surface area contributed by atoms with Crippen LogP contribution in [0.25, 0.3) is 0 Å². The van der Waals surface area contributed by atoms with E-state index in [1.54, 1.807) is 35.3 Å². The summed E-state index contributed by atoms with van der Waals surface area (Å²) in [4.78, 5) is 98.6. The van der Waals surface area contributed by atoms with Crippen LogP contribution in [0.2, 0.25) is 5.02 Å². The predicted molar refractivity (Wildman–Crippen MR) is 299 cm³/mol. The van der Waals surface area contributed by atoms with Gasteiger partial charge in [-0.05, 0) is 171 Å². The number of carbonyl (C=O) groups excluding carboxylic acids is 7. The Morgan fingerprint density at radius 2 is 1.51 bits per heavy atom. The van der Waals surface area contributed by atoms with Gasteiger partial charge in [0.25, 0.3) is 5.91 Å². The smallest absolute Gasteiger partial charge is 0.253 e. The molecule has 5 aliphatic heterocycles. The van der Waals surface area contributed by atoms with Crippen LogP contribution in [0.4, 0.5) is 5.69 Å². The van der Waals surface area contributed by atoms with Crippen molar-refractivity contribution in [3.63, 3.8) is 0 Å². The van der Waals surface area contributed by atoms with Crippen LogP contribution in [0.5, 0.6) is 0 Å². The lowest BCUT2D eigenvalue weighted by molar-refractivity contribution is -0.143. The number of amides is 7. The third-order valence-corrected chi connectivity index (χ3v) is 21.2. The molecule has 3 aliphatic carbocycles. The van der Waals surface area contributed by atoms with Gasteiger partial charge >= 0.3 is 0 Å². The highest BCUT2D eigenvalue weighted by Gasteiger charge is 2.49. The van der Waals surface area contributed by atoms with Gasteiger partial charge in [0.15, 0.2) is 0 Å². The van der Waals surface area contributed by atoms with E-state index in [0.717, 1.165) is 114 Å². The van der Waals surface area contributed by atoms with Crippen molar-refractivity contribution in [3.8, 4) is 0 Å². The van der Waals surface area contributed by atoms with Crippen molar-refractivity contribution in [2.75, 3.05) is 50.8 Å². The molecule has 2 bridgehead atoms. The number of fused-ring (bicyclic) bond motifs is 4. The zero-order valence-electron chi connectivity index (χ0n) is 45.9. The second kappa shape index (κ2) is 24.9. The van der Waals surface area contributed by atoms with Crippen molar-refractivity contribution in [1.29, 1.82) is 0 Å². The average molecular weight is 1130 g/mol. The third-order valence-electron chi connectivity index (χ3n) is 18.8.